The molecule has 0 aromatic heterocycles. The average Bonchev–Trinajstić information content (AvgIpc) is 1.98. The fraction of sp³-hybridized carbons (Fsp3) is 0.889. The minimum atomic E-state index is -3.07. The lowest BCUT2D eigenvalue weighted by Crippen LogP contribution is -2.37. The van der Waals surface area contributed by atoms with Crippen LogP contribution in [0.4, 0.5) is 0 Å². The van der Waals surface area contributed by atoms with Gasteiger partial charge in [0.25, 0.3) is 0 Å². The van der Waals surface area contributed by atoms with E-state index in [2.05, 4.69) is 0 Å². The molecule has 0 rings (SSSR count). The Hall–Kier alpha value is -0.200. The summed E-state index contributed by atoms with van der Waals surface area (Å²) >= 11 is 0. The maximum absolute atomic E-state index is 9.89. The molecule has 0 amide bonds. The van der Waals surface area contributed by atoms with Gasteiger partial charge in [-0.2, -0.15) is 5.26 Å². The van der Waals surface area contributed by atoms with Crippen LogP contribution in [0.5, 0.6) is 0 Å². The highest BCUT2D eigenvalue weighted by Gasteiger charge is 2.44. The summed E-state index contributed by atoms with van der Waals surface area (Å²) < 4.78 is 1.70. The van der Waals surface area contributed by atoms with Gasteiger partial charge in [0.1, 0.15) is 6.16 Å². The van der Waals surface area contributed by atoms with Gasteiger partial charge < -0.3 is 0 Å². The molecule has 0 aliphatic carbocycles. The van der Waals surface area contributed by atoms with E-state index in [4.69, 9.17) is 5.26 Å². The predicted molar refractivity (Wildman–Crippen MR) is 58.6 cm³/mol. The lowest BCUT2D eigenvalue weighted by molar-refractivity contribution is 0.239. The molecule has 0 aromatic carbocycles. The molecule has 0 heterocycles. The van der Waals surface area contributed by atoms with Crippen molar-refractivity contribution >= 4 is 7.87 Å². The molecule has 0 unspecified atom stereocenters. The molecule has 0 fully saturated rings. The molecule has 0 aromatic rings. The van der Waals surface area contributed by atoms with E-state index in [9.17, 15) is 9.79 Å². The van der Waals surface area contributed by atoms with Crippen molar-refractivity contribution in [3.8, 4) is 6.07 Å². The second kappa shape index (κ2) is 5.63. The van der Waals surface area contributed by atoms with Crippen LogP contribution in [0.15, 0.2) is 0 Å². The van der Waals surface area contributed by atoms with Crippen LogP contribution in [0, 0.1) is 11.3 Å². The van der Waals surface area contributed by atoms with Crippen molar-refractivity contribution < 1.29 is 9.79 Å². The highest BCUT2D eigenvalue weighted by atomic mass is 31.2. The molecular weight excluding hydrogens is 199 g/mol. The van der Waals surface area contributed by atoms with Crippen molar-refractivity contribution in [2.45, 2.75) is 46.2 Å². The monoisotopic (exact) mass is 219 g/mol. The lowest BCUT2D eigenvalue weighted by atomic mass is 10.3. The number of hydrogen-bond donors (Lipinski definition) is 2. The minimum absolute atomic E-state index is 0.0806. The summed E-state index contributed by atoms with van der Waals surface area (Å²) in [7, 11) is -3.07. The van der Waals surface area contributed by atoms with Crippen LogP contribution in [-0.4, -0.2) is 32.7 Å². The topological polar surface area (TPSA) is 67.5 Å². The van der Waals surface area contributed by atoms with Crippen LogP contribution in [0.3, 0.4) is 0 Å². The smallest absolute Gasteiger partial charge is 0.202 e. The van der Waals surface area contributed by atoms with E-state index >= 15 is 0 Å². The van der Waals surface area contributed by atoms with Crippen molar-refractivity contribution in [1.29, 1.82) is 5.26 Å². The maximum atomic E-state index is 9.89. The zero-order valence-corrected chi connectivity index (χ0v) is 10.2. The first kappa shape index (κ1) is 13.8. The standard InChI is InChI=1S/C9H20N2O2P/c1-8(2)11(9(3)4)14(12,13)7-5-6-10/h8-9,12-13H,5,7H2,1-4H3/q+1. The SMILES string of the molecule is CC(C)N(C(C)C)[P+](O)(O)CCC#N. The predicted octanol–water partition coefficient (Wildman–Crippen LogP) is 1.77. The van der Waals surface area contributed by atoms with Crippen molar-refractivity contribution in [1.82, 2.24) is 4.67 Å². The van der Waals surface area contributed by atoms with E-state index in [-0.39, 0.29) is 24.7 Å². The van der Waals surface area contributed by atoms with Gasteiger partial charge in [0.15, 0.2) is 0 Å². The van der Waals surface area contributed by atoms with Gasteiger partial charge in [0, 0.05) is 12.1 Å². The molecule has 0 aliphatic rings. The molecule has 0 spiro atoms. The second-order valence-electron chi connectivity index (χ2n) is 3.89. The van der Waals surface area contributed by atoms with Crippen LogP contribution >= 0.6 is 7.87 Å². The maximum Gasteiger partial charge on any atom is 0.343 e. The van der Waals surface area contributed by atoms with Crippen LogP contribution < -0.4 is 0 Å². The quantitative estimate of drug-likeness (QED) is 0.691. The molecule has 0 saturated carbocycles. The fourth-order valence-corrected chi connectivity index (χ4v) is 3.76. The van der Waals surface area contributed by atoms with Gasteiger partial charge in [0.05, 0.1) is 12.5 Å². The van der Waals surface area contributed by atoms with Gasteiger partial charge in [0.2, 0.25) is 0 Å². The van der Waals surface area contributed by atoms with Crippen LogP contribution in [0.1, 0.15) is 34.1 Å². The Balaban J connectivity index is 4.55. The number of hydrogen-bond acceptors (Lipinski definition) is 4. The van der Waals surface area contributed by atoms with E-state index in [0.717, 1.165) is 0 Å². The van der Waals surface area contributed by atoms with Crippen molar-refractivity contribution in [3.05, 3.63) is 0 Å². The largest absolute Gasteiger partial charge is 0.343 e. The highest BCUT2D eigenvalue weighted by Crippen LogP contribution is 2.56. The fourth-order valence-electron chi connectivity index (χ4n) is 1.65. The van der Waals surface area contributed by atoms with Crippen LogP contribution in [0.2, 0.25) is 0 Å². The van der Waals surface area contributed by atoms with E-state index < -0.39 is 7.87 Å². The summed E-state index contributed by atoms with van der Waals surface area (Å²) in [6.07, 6.45) is 0.358. The Labute approximate surface area is 86.7 Å². The summed E-state index contributed by atoms with van der Waals surface area (Å²) in [5.74, 6) is 0. The second-order valence-corrected chi connectivity index (χ2v) is 6.19. The first-order chi connectivity index (χ1) is 6.33. The molecule has 0 radical (unpaired) electrons. The lowest BCUT2D eigenvalue weighted by Gasteiger charge is -2.31. The number of nitriles is 1. The number of nitrogens with zero attached hydrogens (tertiary/aromatic N) is 2. The summed E-state index contributed by atoms with van der Waals surface area (Å²) in [4.78, 5) is 19.8. The first-order valence-electron chi connectivity index (χ1n) is 4.82. The number of rotatable bonds is 5. The third-order valence-corrected chi connectivity index (χ3v) is 4.44. The molecule has 0 saturated heterocycles. The summed E-state index contributed by atoms with van der Waals surface area (Å²) in [5.41, 5.74) is 0. The zero-order chi connectivity index (χ0) is 11.4. The molecule has 0 bridgehead atoms. The Bertz CT molecular complexity index is 203. The average molecular weight is 219 g/mol. The van der Waals surface area contributed by atoms with Gasteiger partial charge >= 0.3 is 7.87 Å². The Morgan fingerprint density at radius 2 is 1.64 bits per heavy atom. The molecule has 2 N–H and O–H groups in total. The molecule has 0 atom stereocenters. The summed E-state index contributed by atoms with van der Waals surface area (Å²) in [6.45, 7) is 7.70. The highest BCUT2D eigenvalue weighted by molar-refractivity contribution is 7.62. The van der Waals surface area contributed by atoms with Crippen LogP contribution in [0.25, 0.3) is 0 Å². The van der Waals surface area contributed by atoms with E-state index in [0.29, 0.717) is 0 Å². The first-order valence-corrected chi connectivity index (χ1v) is 6.65. The van der Waals surface area contributed by atoms with Gasteiger partial charge in [-0.05, 0) is 27.7 Å². The molecule has 0 aliphatic heterocycles. The van der Waals surface area contributed by atoms with E-state index in [1.807, 2.05) is 33.8 Å². The molecular formula is C9H20N2O2P+. The zero-order valence-electron chi connectivity index (χ0n) is 9.30. The molecule has 5 heteroatoms. The Morgan fingerprint density at radius 3 is 1.93 bits per heavy atom. The summed E-state index contributed by atoms with van der Waals surface area (Å²) in [6, 6.07) is 2.10. The van der Waals surface area contributed by atoms with Crippen molar-refractivity contribution in [2.24, 2.45) is 0 Å². The minimum Gasteiger partial charge on any atom is -0.202 e. The van der Waals surface area contributed by atoms with Gasteiger partial charge in [-0.1, -0.05) is 0 Å². The normalized spacial score (nSPS) is 12.6. The molecule has 4 nitrogen and oxygen atoms in total. The van der Waals surface area contributed by atoms with Crippen molar-refractivity contribution in [3.63, 3.8) is 0 Å². The Kier molecular flexibility index (Phi) is 5.54. The van der Waals surface area contributed by atoms with E-state index in [1.165, 1.54) is 0 Å². The van der Waals surface area contributed by atoms with Gasteiger partial charge in [-0.25, -0.2) is 9.79 Å². The van der Waals surface area contributed by atoms with Gasteiger partial charge in [-0.3, -0.25) is 0 Å². The van der Waals surface area contributed by atoms with E-state index in [1.54, 1.807) is 4.67 Å². The summed E-state index contributed by atoms with van der Waals surface area (Å²) in [5, 5.41) is 8.42. The van der Waals surface area contributed by atoms with Crippen molar-refractivity contribution in [2.75, 3.05) is 6.16 Å². The molecule has 14 heavy (non-hydrogen) atoms. The molecule has 82 valence electrons. The third-order valence-electron chi connectivity index (χ3n) is 1.95. The third kappa shape index (κ3) is 3.89. The van der Waals surface area contributed by atoms with Crippen LogP contribution in [-0.2, 0) is 0 Å². The van der Waals surface area contributed by atoms with Gasteiger partial charge in [-0.15, -0.1) is 4.67 Å². The Morgan fingerprint density at radius 1 is 1.21 bits per heavy atom.